The van der Waals surface area contributed by atoms with Gasteiger partial charge in [-0.25, -0.2) is 4.98 Å². The number of hydrogen-bond acceptors (Lipinski definition) is 6. The smallest absolute Gasteiger partial charge is 0.232 e. The van der Waals surface area contributed by atoms with Gasteiger partial charge in [-0.15, -0.1) is 0 Å². The lowest BCUT2D eigenvalue weighted by atomic mass is 10.3. The van der Waals surface area contributed by atoms with E-state index >= 15 is 0 Å². The van der Waals surface area contributed by atoms with Gasteiger partial charge in [0.25, 0.3) is 0 Å². The highest BCUT2D eigenvalue weighted by atomic mass is 32.2. The second kappa shape index (κ2) is 6.67. The highest BCUT2D eigenvalue weighted by molar-refractivity contribution is 8.00. The highest BCUT2D eigenvalue weighted by Gasteiger charge is 2.22. The van der Waals surface area contributed by atoms with E-state index in [0.29, 0.717) is 19.8 Å². The molecule has 2 rings (SSSR count). The maximum absolute atomic E-state index is 11.5. The molecule has 0 saturated carbocycles. The first-order valence-electron chi connectivity index (χ1n) is 5.78. The van der Waals surface area contributed by atoms with E-state index in [2.05, 4.69) is 14.9 Å². The lowest BCUT2D eigenvalue weighted by Crippen LogP contribution is -2.43. The van der Waals surface area contributed by atoms with Crippen molar-refractivity contribution in [1.29, 1.82) is 0 Å². The van der Waals surface area contributed by atoms with Gasteiger partial charge in [0.1, 0.15) is 10.3 Å². The van der Waals surface area contributed by atoms with E-state index in [1.807, 2.05) is 0 Å². The zero-order valence-electron chi connectivity index (χ0n) is 9.99. The molecule has 1 amide bonds. The van der Waals surface area contributed by atoms with Crippen LogP contribution in [0.25, 0.3) is 0 Å². The molecule has 6 nitrogen and oxygen atoms in total. The van der Waals surface area contributed by atoms with Crippen LogP contribution in [0.3, 0.4) is 0 Å². The Labute approximate surface area is 110 Å². The summed E-state index contributed by atoms with van der Waals surface area (Å²) in [5.41, 5.74) is 5.44. The molecule has 0 spiro atoms. The molecule has 1 saturated heterocycles. The summed E-state index contributed by atoms with van der Waals surface area (Å²) in [6.45, 7) is 3.72. The first-order valence-corrected chi connectivity index (χ1v) is 6.66. The third-order valence-electron chi connectivity index (χ3n) is 2.65. The number of carbonyl (C=O) groups is 1. The minimum Gasteiger partial charge on any atom is -0.379 e. The van der Waals surface area contributed by atoms with E-state index in [4.69, 9.17) is 10.5 Å². The molecule has 1 aliphatic rings. The van der Waals surface area contributed by atoms with Crippen molar-refractivity contribution in [3.05, 3.63) is 18.6 Å². The zero-order chi connectivity index (χ0) is 12.8. The van der Waals surface area contributed by atoms with Crippen molar-refractivity contribution in [1.82, 2.24) is 14.9 Å². The first-order chi connectivity index (χ1) is 8.75. The molecule has 98 valence electrons. The normalized spacial score (nSPS) is 18.4. The average molecular weight is 268 g/mol. The Bertz CT molecular complexity index is 384. The lowest BCUT2D eigenvalue weighted by Gasteiger charge is -2.28. The molecule has 2 N–H and O–H groups in total. The van der Waals surface area contributed by atoms with Crippen LogP contribution in [0.5, 0.6) is 0 Å². The molecular formula is C11H16N4O2S. The maximum atomic E-state index is 11.5. The third kappa shape index (κ3) is 3.94. The van der Waals surface area contributed by atoms with E-state index < -0.39 is 0 Å². The van der Waals surface area contributed by atoms with Crippen LogP contribution in [-0.2, 0) is 9.53 Å². The number of aromatic nitrogens is 2. The lowest BCUT2D eigenvalue weighted by molar-refractivity contribution is -0.118. The second-order valence-electron chi connectivity index (χ2n) is 3.97. The van der Waals surface area contributed by atoms with Crippen LogP contribution in [0, 0.1) is 0 Å². The average Bonchev–Trinajstić information content (AvgIpc) is 2.40. The summed E-state index contributed by atoms with van der Waals surface area (Å²) in [6, 6.07) is 0. The number of nitrogens with zero attached hydrogens (tertiary/aromatic N) is 3. The van der Waals surface area contributed by atoms with Crippen LogP contribution in [0.4, 0.5) is 0 Å². The number of nitrogens with two attached hydrogens (primary N) is 1. The molecule has 1 aromatic heterocycles. The molecule has 1 atom stereocenters. The predicted octanol–water partition coefficient (Wildman–Crippen LogP) is -0.245. The fraction of sp³-hybridized carbons (Fsp3) is 0.545. The molecule has 1 unspecified atom stereocenters. The first kappa shape index (κ1) is 13.3. The molecule has 18 heavy (non-hydrogen) atoms. The summed E-state index contributed by atoms with van der Waals surface area (Å²) in [5, 5.41) is 0.411. The summed E-state index contributed by atoms with van der Waals surface area (Å²) in [7, 11) is 0. The number of carbonyl (C=O) groups excluding carboxylic acids is 1. The minimum atomic E-state index is -0.322. The van der Waals surface area contributed by atoms with Crippen LogP contribution >= 0.6 is 11.8 Å². The Morgan fingerprint density at radius 3 is 2.89 bits per heavy atom. The Morgan fingerprint density at radius 1 is 1.50 bits per heavy atom. The molecule has 1 aliphatic heterocycles. The van der Waals surface area contributed by atoms with Crippen molar-refractivity contribution in [2.75, 3.05) is 32.8 Å². The van der Waals surface area contributed by atoms with Crippen molar-refractivity contribution < 1.29 is 9.53 Å². The molecule has 0 radical (unpaired) electrons. The third-order valence-corrected chi connectivity index (χ3v) is 3.77. The number of ether oxygens (including phenoxy) is 1. The maximum Gasteiger partial charge on any atom is 0.232 e. The number of morpholine rings is 1. The van der Waals surface area contributed by atoms with Crippen LogP contribution in [0.1, 0.15) is 0 Å². The van der Waals surface area contributed by atoms with Gasteiger partial charge in [-0.2, -0.15) is 0 Å². The van der Waals surface area contributed by atoms with E-state index in [1.165, 1.54) is 11.8 Å². The van der Waals surface area contributed by atoms with Gasteiger partial charge in [-0.3, -0.25) is 14.7 Å². The van der Waals surface area contributed by atoms with Gasteiger partial charge >= 0.3 is 0 Å². The number of thioether (sulfide) groups is 1. The van der Waals surface area contributed by atoms with Gasteiger partial charge in [0.05, 0.1) is 19.4 Å². The van der Waals surface area contributed by atoms with Gasteiger partial charge in [-0.05, 0) is 0 Å². The summed E-state index contributed by atoms with van der Waals surface area (Å²) in [4.78, 5) is 21.8. The number of primary amides is 1. The molecule has 1 aromatic rings. The highest BCUT2D eigenvalue weighted by Crippen LogP contribution is 2.21. The van der Waals surface area contributed by atoms with Crippen LogP contribution in [0.2, 0.25) is 0 Å². The summed E-state index contributed by atoms with van der Waals surface area (Å²) >= 11 is 1.36. The molecular weight excluding hydrogens is 252 g/mol. The number of hydrogen-bond donors (Lipinski definition) is 1. The van der Waals surface area contributed by atoms with Gasteiger partial charge in [0.15, 0.2) is 0 Å². The number of rotatable bonds is 5. The topological polar surface area (TPSA) is 81.3 Å². The molecule has 0 aliphatic carbocycles. The number of amides is 1. The van der Waals surface area contributed by atoms with Gasteiger partial charge in [0, 0.05) is 32.0 Å². The molecule has 1 fully saturated rings. The largest absolute Gasteiger partial charge is 0.379 e. The van der Waals surface area contributed by atoms with Crippen molar-refractivity contribution in [2.24, 2.45) is 5.73 Å². The quantitative estimate of drug-likeness (QED) is 0.742. The fourth-order valence-corrected chi connectivity index (χ4v) is 2.63. The Hall–Kier alpha value is -1.18. The molecule has 0 aromatic carbocycles. The van der Waals surface area contributed by atoms with Crippen molar-refractivity contribution in [3.63, 3.8) is 0 Å². The van der Waals surface area contributed by atoms with Gasteiger partial charge < -0.3 is 10.5 Å². The van der Waals surface area contributed by atoms with Crippen LogP contribution in [0.15, 0.2) is 23.6 Å². The minimum absolute atomic E-state index is 0.306. The van der Waals surface area contributed by atoms with Crippen LogP contribution < -0.4 is 5.73 Å². The van der Waals surface area contributed by atoms with Crippen LogP contribution in [-0.4, -0.2) is 58.9 Å². The van der Waals surface area contributed by atoms with Crippen molar-refractivity contribution in [3.8, 4) is 0 Å². The fourth-order valence-electron chi connectivity index (χ4n) is 1.70. The van der Waals surface area contributed by atoms with Gasteiger partial charge in [0.2, 0.25) is 5.91 Å². The van der Waals surface area contributed by atoms with E-state index in [-0.39, 0.29) is 11.2 Å². The van der Waals surface area contributed by atoms with E-state index in [9.17, 15) is 4.79 Å². The zero-order valence-corrected chi connectivity index (χ0v) is 10.8. The SMILES string of the molecule is NC(=O)C(CN1CCOCC1)Sc1cnccn1. The molecule has 2 heterocycles. The van der Waals surface area contributed by atoms with E-state index in [1.54, 1.807) is 18.6 Å². The molecule has 7 heteroatoms. The summed E-state index contributed by atoms with van der Waals surface area (Å²) in [6.07, 6.45) is 4.85. The predicted molar refractivity (Wildman–Crippen MR) is 68.1 cm³/mol. The summed E-state index contributed by atoms with van der Waals surface area (Å²) < 4.78 is 5.27. The molecule has 0 bridgehead atoms. The summed E-state index contributed by atoms with van der Waals surface area (Å²) in [5.74, 6) is -0.322. The Balaban J connectivity index is 1.93. The Kier molecular flexibility index (Phi) is 4.91. The van der Waals surface area contributed by atoms with Gasteiger partial charge in [-0.1, -0.05) is 11.8 Å². The monoisotopic (exact) mass is 268 g/mol. The Morgan fingerprint density at radius 2 is 2.28 bits per heavy atom. The van der Waals surface area contributed by atoms with E-state index in [0.717, 1.165) is 18.1 Å². The standard InChI is InChI=1S/C11H16N4O2S/c12-11(16)9(8-15-3-5-17-6-4-15)18-10-7-13-1-2-14-10/h1-2,7,9H,3-6,8H2,(H2,12,16). The second-order valence-corrected chi connectivity index (χ2v) is 5.19. The van der Waals surface area contributed by atoms with Crippen molar-refractivity contribution >= 4 is 17.7 Å². The van der Waals surface area contributed by atoms with Crippen molar-refractivity contribution in [2.45, 2.75) is 10.3 Å².